The van der Waals surface area contributed by atoms with Crippen molar-refractivity contribution in [2.24, 2.45) is 22.7 Å². The summed E-state index contributed by atoms with van der Waals surface area (Å²) in [5, 5.41) is 11.1. The average molecular weight is 328 g/mol. The van der Waals surface area contributed by atoms with Crippen LogP contribution in [0.5, 0.6) is 0 Å². The van der Waals surface area contributed by atoms with Gasteiger partial charge in [0.25, 0.3) is 0 Å². The van der Waals surface area contributed by atoms with Crippen LogP contribution in [0.15, 0.2) is 23.3 Å². The molecule has 4 rings (SSSR count). The van der Waals surface area contributed by atoms with Crippen LogP contribution in [0.3, 0.4) is 0 Å². The molecule has 0 bridgehead atoms. The lowest BCUT2D eigenvalue weighted by molar-refractivity contribution is -0.150. The first-order chi connectivity index (χ1) is 11.2. The van der Waals surface area contributed by atoms with E-state index in [0.29, 0.717) is 24.7 Å². The molecule has 130 valence electrons. The molecule has 4 aliphatic carbocycles. The van der Waals surface area contributed by atoms with E-state index in [1.54, 1.807) is 6.92 Å². The van der Waals surface area contributed by atoms with Gasteiger partial charge in [-0.25, -0.2) is 0 Å². The number of Topliss-reactive ketones (excluding diaryl/α,β-unsaturated/α-hetero) is 1. The second-order valence-corrected chi connectivity index (χ2v) is 8.96. The number of carbonyl (C=O) groups is 2. The predicted molar refractivity (Wildman–Crippen MR) is 92.3 cm³/mol. The number of hydrogen-bond donors (Lipinski definition) is 1. The minimum absolute atomic E-state index is 0.0229. The van der Waals surface area contributed by atoms with E-state index in [-0.39, 0.29) is 22.4 Å². The van der Waals surface area contributed by atoms with Crippen molar-refractivity contribution in [3.05, 3.63) is 23.3 Å². The van der Waals surface area contributed by atoms with Crippen molar-refractivity contribution in [2.45, 2.75) is 71.3 Å². The average Bonchev–Trinajstić information content (AvgIpc) is 2.81. The molecule has 0 aromatic heterocycles. The summed E-state index contributed by atoms with van der Waals surface area (Å²) < 4.78 is 0. The number of ketones is 2. The van der Waals surface area contributed by atoms with Crippen molar-refractivity contribution < 1.29 is 14.7 Å². The summed E-state index contributed by atoms with van der Waals surface area (Å²) in [6, 6.07) is 0. The molecule has 1 N–H and O–H groups in total. The summed E-state index contributed by atoms with van der Waals surface area (Å²) in [6.07, 6.45) is 10.1. The molecule has 0 amide bonds. The van der Waals surface area contributed by atoms with Crippen LogP contribution in [-0.4, -0.2) is 22.3 Å². The fraction of sp³-hybridized carbons (Fsp3) is 0.714. The minimum atomic E-state index is -1.17. The summed E-state index contributed by atoms with van der Waals surface area (Å²) in [5.41, 5.74) is 1.32. The van der Waals surface area contributed by atoms with Gasteiger partial charge in [-0.15, -0.1) is 0 Å². The molecule has 0 saturated heterocycles. The SMILES string of the molecule is CC(=O)C1(O)CCC2C3CCC4=CC(=O)CCC4(C)C3=CCC21C. The summed E-state index contributed by atoms with van der Waals surface area (Å²) in [5.74, 6) is 1.03. The van der Waals surface area contributed by atoms with Gasteiger partial charge in [0.2, 0.25) is 0 Å². The summed E-state index contributed by atoms with van der Waals surface area (Å²) in [7, 11) is 0. The highest BCUT2D eigenvalue weighted by molar-refractivity contribution is 5.92. The summed E-state index contributed by atoms with van der Waals surface area (Å²) in [6.45, 7) is 5.97. The van der Waals surface area contributed by atoms with E-state index in [2.05, 4.69) is 19.9 Å². The molecule has 0 aliphatic heterocycles. The maximum absolute atomic E-state index is 12.2. The van der Waals surface area contributed by atoms with Crippen molar-refractivity contribution in [3.8, 4) is 0 Å². The fourth-order valence-electron chi connectivity index (χ4n) is 6.45. The summed E-state index contributed by atoms with van der Waals surface area (Å²) >= 11 is 0. The van der Waals surface area contributed by atoms with Gasteiger partial charge in [-0.05, 0) is 63.4 Å². The topological polar surface area (TPSA) is 54.4 Å². The van der Waals surface area contributed by atoms with Crippen molar-refractivity contribution in [3.63, 3.8) is 0 Å². The number of aliphatic hydroxyl groups is 1. The minimum Gasteiger partial charge on any atom is -0.381 e. The van der Waals surface area contributed by atoms with Crippen LogP contribution in [0.2, 0.25) is 0 Å². The lowest BCUT2D eigenvalue weighted by atomic mass is 9.50. The first-order valence-electron chi connectivity index (χ1n) is 9.40. The van der Waals surface area contributed by atoms with Gasteiger partial charge >= 0.3 is 0 Å². The Labute approximate surface area is 144 Å². The van der Waals surface area contributed by atoms with Crippen LogP contribution in [-0.2, 0) is 9.59 Å². The van der Waals surface area contributed by atoms with E-state index in [0.717, 1.165) is 32.1 Å². The van der Waals surface area contributed by atoms with Crippen LogP contribution in [0, 0.1) is 22.7 Å². The Morgan fingerprint density at radius 2 is 1.96 bits per heavy atom. The van der Waals surface area contributed by atoms with E-state index in [9.17, 15) is 14.7 Å². The van der Waals surface area contributed by atoms with Crippen LogP contribution in [0.1, 0.15) is 65.7 Å². The molecule has 0 aromatic rings. The zero-order valence-corrected chi connectivity index (χ0v) is 15.0. The Morgan fingerprint density at radius 3 is 2.67 bits per heavy atom. The molecule has 5 unspecified atom stereocenters. The monoisotopic (exact) mass is 328 g/mol. The molecule has 4 aliphatic rings. The second kappa shape index (κ2) is 4.91. The number of fused-ring (bicyclic) bond motifs is 5. The van der Waals surface area contributed by atoms with E-state index >= 15 is 0 Å². The summed E-state index contributed by atoms with van der Waals surface area (Å²) in [4.78, 5) is 24.0. The van der Waals surface area contributed by atoms with Crippen molar-refractivity contribution in [1.29, 1.82) is 0 Å². The van der Waals surface area contributed by atoms with E-state index < -0.39 is 5.60 Å². The highest BCUT2D eigenvalue weighted by atomic mass is 16.3. The van der Waals surface area contributed by atoms with Gasteiger partial charge in [0, 0.05) is 17.3 Å². The lowest BCUT2D eigenvalue weighted by Crippen LogP contribution is -2.54. The van der Waals surface area contributed by atoms with Gasteiger partial charge in [0.1, 0.15) is 5.60 Å². The zero-order chi connectivity index (χ0) is 17.3. The molecule has 24 heavy (non-hydrogen) atoms. The molecule has 3 nitrogen and oxygen atoms in total. The third kappa shape index (κ3) is 1.82. The predicted octanol–water partition coefficient (Wildman–Crippen LogP) is 3.76. The van der Waals surface area contributed by atoms with Gasteiger partial charge in [-0.3, -0.25) is 9.59 Å². The highest BCUT2D eigenvalue weighted by Crippen LogP contribution is 2.65. The molecular formula is C21H28O3. The number of rotatable bonds is 1. The molecule has 2 fully saturated rings. The highest BCUT2D eigenvalue weighted by Gasteiger charge is 2.63. The first kappa shape index (κ1) is 16.3. The van der Waals surface area contributed by atoms with Crippen molar-refractivity contribution >= 4 is 11.6 Å². The second-order valence-electron chi connectivity index (χ2n) is 8.96. The maximum Gasteiger partial charge on any atom is 0.161 e. The Bertz CT molecular complexity index is 687. The van der Waals surface area contributed by atoms with Crippen molar-refractivity contribution in [2.75, 3.05) is 0 Å². The van der Waals surface area contributed by atoms with Gasteiger partial charge in [-0.2, -0.15) is 0 Å². The molecule has 0 heterocycles. The van der Waals surface area contributed by atoms with Crippen LogP contribution in [0.4, 0.5) is 0 Å². The smallest absolute Gasteiger partial charge is 0.161 e. The molecule has 2 saturated carbocycles. The van der Waals surface area contributed by atoms with Gasteiger partial charge in [0.05, 0.1) is 0 Å². The normalized spacial score (nSPS) is 47.2. The number of carbonyl (C=O) groups excluding carboxylic acids is 2. The van der Waals surface area contributed by atoms with Crippen LogP contribution in [0.25, 0.3) is 0 Å². The molecule has 3 heteroatoms. The van der Waals surface area contributed by atoms with Crippen LogP contribution < -0.4 is 0 Å². The third-order valence-corrected chi connectivity index (χ3v) is 8.07. The third-order valence-electron chi connectivity index (χ3n) is 8.07. The Morgan fingerprint density at radius 1 is 1.21 bits per heavy atom. The fourth-order valence-corrected chi connectivity index (χ4v) is 6.45. The Balaban J connectivity index is 1.77. The van der Waals surface area contributed by atoms with E-state index in [4.69, 9.17) is 0 Å². The Kier molecular flexibility index (Phi) is 3.32. The molecule has 5 atom stereocenters. The largest absolute Gasteiger partial charge is 0.381 e. The van der Waals surface area contributed by atoms with E-state index in [1.807, 2.05) is 6.08 Å². The maximum atomic E-state index is 12.2. The van der Waals surface area contributed by atoms with Gasteiger partial charge in [-0.1, -0.05) is 31.1 Å². The van der Waals surface area contributed by atoms with Crippen LogP contribution >= 0.6 is 0 Å². The quantitative estimate of drug-likeness (QED) is 0.746. The molecule has 0 aromatic carbocycles. The van der Waals surface area contributed by atoms with Gasteiger partial charge in [0.15, 0.2) is 11.6 Å². The standard InChI is InChI=1S/C21H28O3/c1-13(22)21(24)11-8-18-16-5-4-14-12-15(23)6-9-19(14,2)17(16)7-10-20(18,21)3/h7,12,16,18,24H,4-6,8-11H2,1-3H3. The molecule has 0 radical (unpaired) electrons. The first-order valence-corrected chi connectivity index (χ1v) is 9.40. The zero-order valence-electron chi connectivity index (χ0n) is 15.0. The molecule has 0 spiro atoms. The lowest BCUT2D eigenvalue weighted by Gasteiger charge is -2.54. The Hall–Kier alpha value is -1.22. The van der Waals surface area contributed by atoms with Crippen molar-refractivity contribution in [1.82, 2.24) is 0 Å². The molecular weight excluding hydrogens is 300 g/mol. The number of allylic oxidation sites excluding steroid dienone is 4. The number of hydrogen-bond acceptors (Lipinski definition) is 3. The van der Waals surface area contributed by atoms with E-state index in [1.165, 1.54) is 11.1 Å². The van der Waals surface area contributed by atoms with Gasteiger partial charge < -0.3 is 5.11 Å².